The Morgan fingerprint density at radius 3 is 2.67 bits per heavy atom. The predicted octanol–water partition coefficient (Wildman–Crippen LogP) is 4.11. The van der Waals surface area contributed by atoms with Crippen LogP contribution in [0.2, 0.25) is 0 Å². The monoisotopic (exact) mass is 545 g/mol. The Morgan fingerprint density at radius 1 is 1.08 bits per heavy atom. The van der Waals surface area contributed by atoms with Crippen molar-refractivity contribution in [1.82, 2.24) is 10.2 Å². The Kier molecular flexibility index (Phi) is 8.07. The number of benzene rings is 2. The average molecular weight is 546 g/mol. The number of amides is 3. The molecule has 2 aromatic carbocycles. The molecule has 2 N–H and O–H groups in total. The summed E-state index contributed by atoms with van der Waals surface area (Å²) in [5.41, 5.74) is 2.05. The fourth-order valence-electron chi connectivity index (χ4n) is 4.17. The second-order valence-electron chi connectivity index (χ2n) is 8.74. The van der Waals surface area contributed by atoms with Gasteiger partial charge in [0, 0.05) is 17.7 Å². The van der Waals surface area contributed by atoms with E-state index < -0.39 is 6.04 Å². The lowest BCUT2D eigenvalue weighted by Crippen LogP contribution is -2.41. The van der Waals surface area contributed by atoms with Crippen LogP contribution in [-0.2, 0) is 20.9 Å². The Balaban J connectivity index is 1.23. The standard InChI is InChI=1S/C28H27N5O5S/c1-2-37-19-11-9-18(10-12-19)30-25(35)17-39-28-32-22-8-4-3-7-21(22)26-31-23(27(36)33(26)28)13-14-24(34)29-16-20-6-5-15-38-20/h3-12,15,23H,2,13-14,16-17H2,1H3,(H,29,34)(H,30,35)/t23-/m0/s1. The third kappa shape index (κ3) is 6.20. The number of anilines is 1. The fraction of sp³-hybridized carbons (Fsp3) is 0.250. The molecule has 11 heteroatoms. The van der Waals surface area contributed by atoms with Crippen LogP contribution >= 0.6 is 11.8 Å². The lowest BCUT2D eigenvalue weighted by molar-refractivity contribution is -0.125. The summed E-state index contributed by atoms with van der Waals surface area (Å²) in [5, 5.41) is 6.02. The number of thioether (sulfide) groups is 1. The van der Waals surface area contributed by atoms with Crippen LogP contribution in [0.5, 0.6) is 5.75 Å². The third-order valence-electron chi connectivity index (χ3n) is 6.01. The van der Waals surface area contributed by atoms with Crippen LogP contribution in [0.3, 0.4) is 0 Å². The normalized spacial score (nSPS) is 15.7. The van der Waals surface area contributed by atoms with E-state index in [0.29, 0.717) is 34.7 Å². The van der Waals surface area contributed by atoms with Crippen molar-refractivity contribution < 1.29 is 23.5 Å². The van der Waals surface area contributed by atoms with E-state index in [0.717, 1.165) is 23.1 Å². The van der Waals surface area contributed by atoms with Crippen LogP contribution in [0.4, 0.5) is 11.4 Å². The van der Waals surface area contributed by atoms with E-state index in [2.05, 4.69) is 20.6 Å². The van der Waals surface area contributed by atoms with E-state index in [1.807, 2.05) is 31.2 Å². The smallest absolute Gasteiger partial charge is 0.259 e. The van der Waals surface area contributed by atoms with Gasteiger partial charge in [-0.05, 0) is 61.9 Å². The van der Waals surface area contributed by atoms with E-state index in [1.54, 1.807) is 42.7 Å². The van der Waals surface area contributed by atoms with E-state index in [4.69, 9.17) is 9.15 Å². The van der Waals surface area contributed by atoms with Crippen molar-refractivity contribution in [2.24, 2.45) is 9.98 Å². The van der Waals surface area contributed by atoms with Crippen LogP contribution < -0.4 is 15.4 Å². The summed E-state index contributed by atoms with van der Waals surface area (Å²) >= 11 is 1.16. The molecule has 0 spiro atoms. The first-order chi connectivity index (χ1) is 19.0. The molecule has 0 saturated carbocycles. The number of hydrogen-bond donors (Lipinski definition) is 2. The van der Waals surface area contributed by atoms with Crippen molar-refractivity contribution >= 4 is 51.9 Å². The molecule has 1 atom stereocenters. The van der Waals surface area contributed by atoms with Crippen LogP contribution in [0, 0.1) is 0 Å². The molecular formula is C28H27N5O5S. The second-order valence-corrected chi connectivity index (χ2v) is 9.69. The first-order valence-corrected chi connectivity index (χ1v) is 13.5. The molecular weight excluding hydrogens is 518 g/mol. The zero-order valence-corrected chi connectivity index (χ0v) is 22.1. The summed E-state index contributed by atoms with van der Waals surface area (Å²) < 4.78 is 10.7. The lowest BCUT2D eigenvalue weighted by Gasteiger charge is -2.25. The van der Waals surface area contributed by atoms with Crippen molar-refractivity contribution in [2.75, 3.05) is 17.7 Å². The Morgan fingerprint density at radius 2 is 1.90 bits per heavy atom. The zero-order chi connectivity index (χ0) is 27.2. The maximum Gasteiger partial charge on any atom is 0.259 e. The Bertz CT molecular complexity index is 1420. The molecule has 2 aliphatic rings. The Hall–Kier alpha value is -4.38. The lowest BCUT2D eigenvalue weighted by atomic mass is 10.1. The second kappa shape index (κ2) is 12.0. The number of furan rings is 1. The molecule has 0 fully saturated rings. The minimum atomic E-state index is -0.719. The summed E-state index contributed by atoms with van der Waals surface area (Å²) in [6.45, 7) is 2.75. The maximum absolute atomic E-state index is 13.4. The topological polar surface area (TPSA) is 126 Å². The molecule has 0 radical (unpaired) electrons. The summed E-state index contributed by atoms with van der Waals surface area (Å²) in [6.07, 6.45) is 1.93. The van der Waals surface area contributed by atoms with Crippen molar-refractivity contribution in [2.45, 2.75) is 32.4 Å². The zero-order valence-electron chi connectivity index (χ0n) is 21.3. The summed E-state index contributed by atoms with van der Waals surface area (Å²) in [7, 11) is 0. The minimum absolute atomic E-state index is 0.0467. The van der Waals surface area contributed by atoms with Gasteiger partial charge in [0.2, 0.25) is 11.8 Å². The van der Waals surface area contributed by atoms with Crippen LogP contribution in [-0.4, -0.2) is 52.0 Å². The highest BCUT2D eigenvalue weighted by atomic mass is 32.2. The van der Waals surface area contributed by atoms with Gasteiger partial charge in [0.25, 0.3) is 5.91 Å². The van der Waals surface area contributed by atoms with E-state index in [1.165, 1.54) is 4.90 Å². The van der Waals surface area contributed by atoms with Crippen molar-refractivity contribution in [1.29, 1.82) is 0 Å². The molecule has 3 amide bonds. The quantitative estimate of drug-likeness (QED) is 0.395. The van der Waals surface area contributed by atoms with Crippen LogP contribution in [0.15, 0.2) is 81.3 Å². The van der Waals surface area contributed by atoms with Crippen molar-refractivity contribution in [3.8, 4) is 5.75 Å². The van der Waals surface area contributed by atoms with Gasteiger partial charge < -0.3 is 19.8 Å². The number of fused-ring (bicyclic) bond motifs is 3. The van der Waals surface area contributed by atoms with Crippen LogP contribution in [0.1, 0.15) is 31.1 Å². The molecule has 2 aliphatic heterocycles. The van der Waals surface area contributed by atoms with Crippen molar-refractivity contribution in [3.05, 3.63) is 78.3 Å². The molecule has 0 unspecified atom stereocenters. The number of carbonyl (C=O) groups is 3. The van der Waals surface area contributed by atoms with Gasteiger partial charge in [-0.3, -0.25) is 19.4 Å². The Labute approximate surface area is 229 Å². The first-order valence-electron chi connectivity index (χ1n) is 12.6. The van der Waals surface area contributed by atoms with E-state index >= 15 is 0 Å². The molecule has 0 aliphatic carbocycles. The van der Waals surface area contributed by atoms with Gasteiger partial charge in [-0.2, -0.15) is 0 Å². The molecule has 0 saturated heterocycles. The highest BCUT2D eigenvalue weighted by Crippen LogP contribution is 2.34. The van der Waals surface area contributed by atoms with Gasteiger partial charge in [0.15, 0.2) is 5.17 Å². The number of nitrogens with one attached hydrogen (secondary N) is 2. The van der Waals surface area contributed by atoms with Crippen LogP contribution in [0.25, 0.3) is 0 Å². The molecule has 0 bridgehead atoms. The van der Waals surface area contributed by atoms with Crippen molar-refractivity contribution in [3.63, 3.8) is 0 Å². The van der Waals surface area contributed by atoms with Gasteiger partial charge in [-0.15, -0.1) is 0 Å². The number of para-hydroxylation sites is 1. The number of ether oxygens (including phenoxy) is 1. The third-order valence-corrected chi connectivity index (χ3v) is 6.95. The van der Waals surface area contributed by atoms with E-state index in [-0.39, 0.29) is 42.9 Å². The number of rotatable bonds is 10. The number of aliphatic imine (C=N–C) groups is 2. The van der Waals surface area contributed by atoms with Gasteiger partial charge >= 0.3 is 0 Å². The van der Waals surface area contributed by atoms with E-state index in [9.17, 15) is 14.4 Å². The van der Waals surface area contributed by atoms with Gasteiger partial charge in [-0.25, -0.2) is 9.89 Å². The number of carbonyl (C=O) groups excluding carboxylic acids is 3. The number of nitrogens with zero attached hydrogens (tertiary/aromatic N) is 3. The SMILES string of the molecule is CCOc1ccc(NC(=O)CSC2=Nc3ccccc3C3=N[C@@H](CCC(=O)NCc4ccco4)C(=O)N23)cc1. The maximum atomic E-state index is 13.4. The predicted molar refractivity (Wildman–Crippen MR) is 149 cm³/mol. The van der Waals surface area contributed by atoms with Gasteiger partial charge in [-0.1, -0.05) is 23.9 Å². The largest absolute Gasteiger partial charge is 0.494 e. The number of hydrogen-bond acceptors (Lipinski definition) is 8. The summed E-state index contributed by atoms with van der Waals surface area (Å²) in [6, 6.07) is 17.3. The molecule has 3 heterocycles. The fourth-order valence-corrected chi connectivity index (χ4v) is 4.97. The summed E-state index contributed by atoms with van der Waals surface area (Å²) in [4.78, 5) is 49.2. The molecule has 1 aromatic heterocycles. The molecule has 5 rings (SSSR count). The minimum Gasteiger partial charge on any atom is -0.494 e. The number of amidine groups is 2. The average Bonchev–Trinajstić information content (AvgIpc) is 3.59. The first kappa shape index (κ1) is 26.2. The molecule has 3 aromatic rings. The molecule has 10 nitrogen and oxygen atoms in total. The molecule has 200 valence electrons. The molecule has 39 heavy (non-hydrogen) atoms. The highest BCUT2D eigenvalue weighted by Gasteiger charge is 2.41. The van der Waals surface area contributed by atoms with Gasteiger partial charge in [0.05, 0.1) is 30.9 Å². The summed E-state index contributed by atoms with van der Waals surface area (Å²) in [5.74, 6) is 1.21. The van der Waals surface area contributed by atoms with Gasteiger partial charge in [0.1, 0.15) is 23.4 Å². The highest BCUT2D eigenvalue weighted by molar-refractivity contribution is 8.14.